The van der Waals surface area contributed by atoms with Crippen molar-refractivity contribution < 1.29 is 9.90 Å². The van der Waals surface area contributed by atoms with Crippen LogP contribution >= 0.6 is 11.6 Å². The SMILES string of the molecule is CC1=NN(c2ccc(Cl)cc2)C(=O)/C1=C\c1c(O)n(-c2ccccc2)c(=O)[nH]c1=O. The number of aromatic amines is 1. The number of benzene rings is 2. The summed E-state index contributed by atoms with van der Waals surface area (Å²) in [4.78, 5) is 39.7. The van der Waals surface area contributed by atoms with Crippen molar-refractivity contribution in [2.45, 2.75) is 6.92 Å². The molecule has 0 saturated carbocycles. The summed E-state index contributed by atoms with van der Waals surface area (Å²) in [6.07, 6.45) is 1.23. The predicted octanol–water partition coefficient (Wildman–Crippen LogP) is 2.69. The molecule has 0 radical (unpaired) electrons. The third-order valence-electron chi connectivity index (χ3n) is 4.56. The number of hydrogen-bond acceptors (Lipinski definition) is 5. The van der Waals surface area contributed by atoms with Crippen molar-refractivity contribution in [1.29, 1.82) is 0 Å². The Bertz CT molecular complexity index is 1320. The van der Waals surface area contributed by atoms with E-state index in [-0.39, 0.29) is 11.1 Å². The van der Waals surface area contributed by atoms with E-state index < -0.39 is 23.0 Å². The highest BCUT2D eigenvalue weighted by atomic mass is 35.5. The molecule has 0 aliphatic carbocycles. The van der Waals surface area contributed by atoms with Gasteiger partial charge >= 0.3 is 5.69 Å². The second kappa shape index (κ2) is 7.49. The summed E-state index contributed by atoms with van der Waals surface area (Å²) in [5, 5.41) is 16.6. The summed E-state index contributed by atoms with van der Waals surface area (Å²) in [6, 6.07) is 14.9. The summed E-state index contributed by atoms with van der Waals surface area (Å²) < 4.78 is 0.955. The van der Waals surface area contributed by atoms with Gasteiger partial charge in [-0.2, -0.15) is 10.1 Å². The highest BCUT2D eigenvalue weighted by Crippen LogP contribution is 2.27. The smallest absolute Gasteiger partial charge is 0.335 e. The number of para-hydroxylation sites is 1. The maximum atomic E-state index is 12.9. The third kappa shape index (κ3) is 3.33. The molecule has 1 aliphatic rings. The lowest BCUT2D eigenvalue weighted by molar-refractivity contribution is -0.114. The summed E-state index contributed by atoms with van der Waals surface area (Å²) in [7, 11) is 0. The Morgan fingerprint density at radius 3 is 2.33 bits per heavy atom. The van der Waals surface area contributed by atoms with Gasteiger partial charge in [0.2, 0.25) is 5.88 Å². The fourth-order valence-corrected chi connectivity index (χ4v) is 3.20. The number of rotatable bonds is 3. The molecule has 3 aromatic rings. The van der Waals surface area contributed by atoms with Gasteiger partial charge in [0.15, 0.2) is 0 Å². The monoisotopic (exact) mass is 422 g/mol. The highest BCUT2D eigenvalue weighted by molar-refractivity contribution is 6.32. The fraction of sp³-hybridized carbons (Fsp3) is 0.0476. The third-order valence-corrected chi connectivity index (χ3v) is 4.81. The number of aromatic nitrogens is 2. The van der Waals surface area contributed by atoms with Gasteiger partial charge in [-0.1, -0.05) is 29.8 Å². The van der Waals surface area contributed by atoms with Crippen LogP contribution in [0.15, 0.2) is 74.9 Å². The van der Waals surface area contributed by atoms with E-state index in [2.05, 4.69) is 10.1 Å². The van der Waals surface area contributed by atoms with Crippen LogP contribution in [0.4, 0.5) is 5.69 Å². The first-order chi connectivity index (χ1) is 14.4. The molecule has 30 heavy (non-hydrogen) atoms. The zero-order valence-corrected chi connectivity index (χ0v) is 16.4. The number of aromatic hydroxyl groups is 1. The van der Waals surface area contributed by atoms with E-state index in [1.807, 2.05) is 0 Å². The van der Waals surface area contributed by atoms with Gasteiger partial charge in [-0.3, -0.25) is 14.6 Å². The van der Waals surface area contributed by atoms with E-state index in [0.717, 1.165) is 4.57 Å². The van der Waals surface area contributed by atoms with Gasteiger partial charge in [0.25, 0.3) is 11.5 Å². The molecular formula is C21H15ClN4O4. The van der Waals surface area contributed by atoms with Crippen LogP contribution in [-0.2, 0) is 4.79 Å². The Hall–Kier alpha value is -3.91. The molecule has 0 atom stereocenters. The lowest BCUT2D eigenvalue weighted by Gasteiger charge is -2.12. The normalized spacial score (nSPS) is 15.0. The number of anilines is 1. The largest absolute Gasteiger partial charge is 0.494 e. The average Bonchev–Trinajstić information content (AvgIpc) is 3.00. The molecule has 2 aromatic carbocycles. The molecular weight excluding hydrogens is 408 g/mol. The van der Waals surface area contributed by atoms with Crippen molar-refractivity contribution in [2.24, 2.45) is 5.10 Å². The first kappa shape index (κ1) is 19.4. The van der Waals surface area contributed by atoms with Gasteiger partial charge < -0.3 is 5.11 Å². The Morgan fingerprint density at radius 2 is 1.67 bits per heavy atom. The van der Waals surface area contributed by atoms with E-state index in [9.17, 15) is 19.5 Å². The van der Waals surface area contributed by atoms with Crippen LogP contribution in [0.1, 0.15) is 12.5 Å². The molecule has 4 rings (SSSR count). The number of carbonyl (C=O) groups is 1. The molecule has 0 bridgehead atoms. The van der Waals surface area contributed by atoms with Gasteiger partial charge in [0, 0.05) is 5.02 Å². The Labute approximate surface area is 175 Å². The molecule has 8 nitrogen and oxygen atoms in total. The topological polar surface area (TPSA) is 108 Å². The number of nitrogens with zero attached hydrogens (tertiary/aromatic N) is 3. The van der Waals surface area contributed by atoms with E-state index in [4.69, 9.17) is 11.6 Å². The van der Waals surface area contributed by atoms with Crippen LogP contribution in [0.25, 0.3) is 11.8 Å². The lowest BCUT2D eigenvalue weighted by atomic mass is 10.1. The van der Waals surface area contributed by atoms with Crippen LogP contribution in [-0.4, -0.2) is 26.3 Å². The minimum absolute atomic E-state index is 0.115. The first-order valence-electron chi connectivity index (χ1n) is 8.88. The minimum atomic E-state index is -0.817. The van der Waals surface area contributed by atoms with Crippen LogP contribution in [0.3, 0.4) is 0 Å². The quantitative estimate of drug-likeness (QED) is 0.632. The standard InChI is InChI=1S/C21H15ClN4O4/c1-12-16(20(29)26(24-12)15-9-7-13(22)8-10-15)11-17-18(27)23-21(30)25(19(17)28)14-5-3-2-4-6-14/h2-11,28H,1H3,(H,23,27,30)/b16-11-. The Balaban J connectivity index is 1.81. The minimum Gasteiger partial charge on any atom is -0.494 e. The number of halogens is 1. The van der Waals surface area contributed by atoms with E-state index in [1.54, 1.807) is 61.5 Å². The maximum absolute atomic E-state index is 12.9. The van der Waals surface area contributed by atoms with Gasteiger partial charge in [-0.05, 0) is 49.4 Å². The van der Waals surface area contributed by atoms with Crippen molar-refractivity contribution in [3.05, 3.63) is 91.6 Å². The number of carbonyl (C=O) groups excluding carboxylic acids is 1. The average molecular weight is 423 g/mol. The molecule has 0 fully saturated rings. The highest BCUT2D eigenvalue weighted by Gasteiger charge is 2.29. The van der Waals surface area contributed by atoms with Gasteiger partial charge in [-0.15, -0.1) is 0 Å². The van der Waals surface area contributed by atoms with E-state index in [1.165, 1.54) is 11.1 Å². The molecule has 2 heterocycles. The van der Waals surface area contributed by atoms with Gasteiger partial charge in [-0.25, -0.2) is 9.36 Å². The maximum Gasteiger partial charge on any atom is 0.335 e. The van der Waals surface area contributed by atoms with Crippen LogP contribution in [0, 0.1) is 0 Å². The van der Waals surface area contributed by atoms with Crippen molar-refractivity contribution in [2.75, 3.05) is 5.01 Å². The van der Waals surface area contributed by atoms with Gasteiger partial charge in [0.1, 0.15) is 5.56 Å². The number of H-pyrrole nitrogens is 1. The molecule has 150 valence electrons. The molecule has 0 saturated heterocycles. The predicted molar refractivity (Wildman–Crippen MR) is 114 cm³/mol. The fourth-order valence-electron chi connectivity index (χ4n) is 3.07. The van der Waals surface area contributed by atoms with E-state index in [0.29, 0.717) is 22.1 Å². The van der Waals surface area contributed by atoms with Crippen LogP contribution in [0.2, 0.25) is 5.02 Å². The molecule has 1 amide bonds. The Morgan fingerprint density at radius 1 is 1.00 bits per heavy atom. The van der Waals surface area contributed by atoms with Crippen LogP contribution in [0.5, 0.6) is 5.88 Å². The second-order valence-corrected chi connectivity index (χ2v) is 6.94. The van der Waals surface area contributed by atoms with Crippen molar-refractivity contribution in [3.63, 3.8) is 0 Å². The van der Waals surface area contributed by atoms with Crippen molar-refractivity contribution in [1.82, 2.24) is 9.55 Å². The molecule has 1 aromatic heterocycles. The number of amides is 1. The summed E-state index contributed by atoms with van der Waals surface area (Å²) in [6.45, 7) is 1.61. The molecule has 0 unspecified atom stereocenters. The van der Waals surface area contributed by atoms with E-state index >= 15 is 0 Å². The second-order valence-electron chi connectivity index (χ2n) is 6.50. The first-order valence-corrected chi connectivity index (χ1v) is 9.25. The molecule has 1 aliphatic heterocycles. The molecule has 2 N–H and O–H groups in total. The summed E-state index contributed by atoms with van der Waals surface area (Å²) >= 11 is 5.89. The van der Waals surface area contributed by atoms with Gasteiger partial charge in [0.05, 0.1) is 22.7 Å². The number of nitrogens with one attached hydrogen (secondary N) is 1. The zero-order chi connectivity index (χ0) is 21.4. The molecule has 0 spiro atoms. The lowest BCUT2D eigenvalue weighted by Crippen LogP contribution is -2.30. The number of hydrazone groups is 1. The summed E-state index contributed by atoms with van der Waals surface area (Å²) in [5.41, 5.74) is -0.509. The van der Waals surface area contributed by atoms with Crippen molar-refractivity contribution >= 4 is 35.0 Å². The van der Waals surface area contributed by atoms with Crippen LogP contribution < -0.4 is 16.3 Å². The Kier molecular flexibility index (Phi) is 4.85. The number of hydrogen-bond donors (Lipinski definition) is 2. The zero-order valence-electron chi connectivity index (χ0n) is 15.7. The summed E-state index contributed by atoms with van der Waals surface area (Å²) in [5.74, 6) is -1.06. The molecule has 9 heteroatoms. The van der Waals surface area contributed by atoms with Crippen molar-refractivity contribution in [3.8, 4) is 11.6 Å².